The van der Waals surface area contributed by atoms with Crippen LogP contribution in [0.2, 0.25) is 0 Å². The fourth-order valence-electron chi connectivity index (χ4n) is 10.7. The molecular formula is C69H112N16O15. The molecule has 0 bridgehead atoms. The molecule has 2 aromatic rings. The molecule has 31 heteroatoms. The van der Waals surface area contributed by atoms with Crippen LogP contribution in [0.25, 0.3) is 0 Å². The molecule has 1 saturated heterocycles. The Bertz CT molecular complexity index is 3080. The first-order valence-corrected chi connectivity index (χ1v) is 34.0. The number of carbonyl (C=O) groups excluding carboxylic acids is 11. The quantitative estimate of drug-likeness (QED) is 0.0354. The number of hydrogen-bond acceptors (Lipinski definition) is 18. The summed E-state index contributed by atoms with van der Waals surface area (Å²) in [6, 6.07) is -0.746. The highest BCUT2D eigenvalue weighted by Crippen LogP contribution is 2.25. The Labute approximate surface area is 586 Å². The van der Waals surface area contributed by atoms with Gasteiger partial charge in [-0.2, -0.15) is 0 Å². The molecule has 1 fully saturated rings. The van der Waals surface area contributed by atoms with E-state index in [0.717, 1.165) is 0 Å². The number of guanidine groups is 1. The molecule has 100 heavy (non-hydrogen) atoms. The molecule has 1 aliphatic rings. The molecule has 558 valence electrons. The van der Waals surface area contributed by atoms with Crippen LogP contribution < -0.4 is 81.0 Å². The molecule has 1 heterocycles. The number of carbonyl (C=O) groups is 11. The van der Waals surface area contributed by atoms with Gasteiger partial charge in [0.1, 0.15) is 54.9 Å². The van der Waals surface area contributed by atoms with Crippen molar-refractivity contribution in [2.75, 3.05) is 26.2 Å². The zero-order valence-corrected chi connectivity index (χ0v) is 60.1. The maximum absolute atomic E-state index is 15.7. The molecule has 31 nitrogen and oxygen atoms in total. The van der Waals surface area contributed by atoms with Crippen LogP contribution in [0.15, 0.2) is 77.9 Å². The SMILES string of the molecule is C=C1NC(CO)C(=O)N[C@H](c2ccccc2)[C@H](NC(=O)[C@H](CC(C)(C)C)NC(=O)[C@H](N)CC(C)(C)C)C(=O)N[C@@H]([C@H](O)C(C)C)C(=O)N[C@@H](CC(C)C)C(=O)N[C@H](CCCN=C(N)N)C(=O)N[C@@H]([C@@H](C)CC)C(=O)N[C@@H]([C@H](C)O)C(=O)NCC(=O)N[C@H]1CCNC(=O)OCc1ccccc1. The van der Waals surface area contributed by atoms with Crippen LogP contribution in [0.5, 0.6) is 0 Å². The Balaban J connectivity index is 2.41. The lowest BCUT2D eigenvalue weighted by atomic mass is 9.86. The van der Waals surface area contributed by atoms with Gasteiger partial charge in [-0.1, -0.05) is 157 Å². The highest BCUT2D eigenvalue weighted by molar-refractivity contribution is 5.99. The van der Waals surface area contributed by atoms with Gasteiger partial charge in [0.05, 0.1) is 43.5 Å². The molecule has 2 aromatic carbocycles. The lowest BCUT2D eigenvalue weighted by Crippen LogP contribution is -2.65. The van der Waals surface area contributed by atoms with Crippen LogP contribution in [0.3, 0.4) is 0 Å². The molecular weight excluding hydrogens is 1290 g/mol. The lowest BCUT2D eigenvalue weighted by Gasteiger charge is -2.35. The Hall–Kier alpha value is -8.94. The van der Waals surface area contributed by atoms with E-state index in [1.54, 1.807) is 111 Å². The number of nitrogens with two attached hydrogens (primary N) is 3. The van der Waals surface area contributed by atoms with E-state index in [-0.39, 0.29) is 87.8 Å². The fraction of sp³-hybridized carbons (Fsp3) is 0.623. The summed E-state index contributed by atoms with van der Waals surface area (Å²) >= 11 is 0. The summed E-state index contributed by atoms with van der Waals surface area (Å²) in [5.74, 6) is -11.9. The third-order valence-corrected chi connectivity index (χ3v) is 16.3. The number of aliphatic imine (C=N–C) groups is 1. The van der Waals surface area contributed by atoms with E-state index in [1.165, 1.54) is 19.1 Å². The number of hydrogen-bond donors (Lipinski definition) is 18. The number of nitrogens with zero attached hydrogens (tertiary/aromatic N) is 1. The minimum Gasteiger partial charge on any atom is -0.445 e. The molecule has 21 N–H and O–H groups in total. The van der Waals surface area contributed by atoms with E-state index in [9.17, 15) is 48.9 Å². The average molecular weight is 1410 g/mol. The zero-order valence-electron chi connectivity index (χ0n) is 60.1. The van der Waals surface area contributed by atoms with E-state index >= 15 is 19.2 Å². The van der Waals surface area contributed by atoms with Gasteiger partial charge in [-0.05, 0) is 85.2 Å². The summed E-state index contributed by atoms with van der Waals surface area (Å²) in [7, 11) is 0. The maximum atomic E-state index is 15.7. The predicted octanol–water partition coefficient (Wildman–Crippen LogP) is -0.624. The first-order chi connectivity index (χ1) is 46.7. The Morgan fingerprint density at radius 3 is 1.78 bits per heavy atom. The minimum absolute atomic E-state index is 0.0215. The van der Waals surface area contributed by atoms with E-state index in [1.807, 2.05) is 20.8 Å². The number of ether oxygens (including phenoxy) is 1. The van der Waals surface area contributed by atoms with Gasteiger partial charge in [0.25, 0.3) is 0 Å². The number of aliphatic hydroxyl groups excluding tert-OH is 3. The number of rotatable bonds is 24. The second-order valence-electron chi connectivity index (χ2n) is 28.6. The molecule has 0 aliphatic carbocycles. The normalized spacial score (nSPS) is 23.2. The van der Waals surface area contributed by atoms with Crippen molar-refractivity contribution in [3.05, 3.63) is 84.1 Å². The minimum atomic E-state index is -2.00. The van der Waals surface area contributed by atoms with Crippen molar-refractivity contribution in [1.29, 1.82) is 0 Å². The largest absolute Gasteiger partial charge is 0.445 e. The summed E-state index contributed by atoms with van der Waals surface area (Å²) in [6.45, 7) is 24.1. The highest BCUT2D eigenvalue weighted by Gasteiger charge is 2.42. The van der Waals surface area contributed by atoms with Gasteiger partial charge in [-0.15, -0.1) is 0 Å². The van der Waals surface area contributed by atoms with Crippen molar-refractivity contribution in [2.24, 2.45) is 50.8 Å². The van der Waals surface area contributed by atoms with Gasteiger partial charge in [0.2, 0.25) is 59.1 Å². The van der Waals surface area contributed by atoms with E-state index < -0.39 is 180 Å². The lowest BCUT2D eigenvalue weighted by molar-refractivity contribution is -0.139. The number of amides is 11. The number of nitrogens with one attached hydrogen (secondary N) is 12. The Morgan fingerprint density at radius 2 is 1.22 bits per heavy atom. The van der Waals surface area contributed by atoms with E-state index in [2.05, 4.69) is 75.4 Å². The van der Waals surface area contributed by atoms with Crippen molar-refractivity contribution in [3.63, 3.8) is 0 Å². The van der Waals surface area contributed by atoms with Gasteiger partial charge < -0.3 is 101 Å². The number of alkyl carbamates (subject to hydrolysis) is 1. The highest BCUT2D eigenvalue weighted by atomic mass is 16.5. The third kappa shape index (κ3) is 29.9. The fourth-order valence-corrected chi connectivity index (χ4v) is 10.7. The molecule has 14 atom stereocenters. The molecule has 1 aliphatic heterocycles. The first kappa shape index (κ1) is 85.3. The molecule has 0 aromatic heterocycles. The van der Waals surface area contributed by atoms with Crippen molar-refractivity contribution in [1.82, 2.24) is 63.8 Å². The van der Waals surface area contributed by atoms with Crippen molar-refractivity contribution < 1.29 is 72.8 Å². The summed E-state index contributed by atoms with van der Waals surface area (Å²) in [4.78, 5) is 164. The van der Waals surface area contributed by atoms with Crippen molar-refractivity contribution >= 4 is 71.1 Å². The van der Waals surface area contributed by atoms with Crippen LogP contribution >= 0.6 is 0 Å². The van der Waals surface area contributed by atoms with Gasteiger partial charge in [-0.25, -0.2) is 4.79 Å². The smallest absolute Gasteiger partial charge is 0.407 e. The molecule has 0 spiro atoms. The van der Waals surface area contributed by atoms with E-state index in [4.69, 9.17) is 21.9 Å². The molecule has 11 amide bonds. The Morgan fingerprint density at radius 1 is 0.660 bits per heavy atom. The van der Waals surface area contributed by atoms with Gasteiger partial charge >= 0.3 is 6.09 Å². The second kappa shape index (κ2) is 41.0. The standard InChI is InChI=1S/C69H112N16O15/c1-15-39(6)51-63(96)82-52(41(8)87)62(95)75-34-50(88)77-45(28-30-74-67(99)100-36-42-23-18-16-19-24-42)40(7)76-49(35-86)61(94)83-53(43-25-20-17-21-26-43)54(84-60(93)48(33-69(12,13)14)80-57(90)44(70)32-68(9,10)11)64(97)85-55(56(89)38(4)5)65(98)79-47(31-37(2)3)59(92)78-46(58(91)81-51)27-22-29-73-66(71)72/h16-21,23-26,37-39,41,44-49,51-56,76,86-87,89H,7,15,22,27-36,70H2,1-6,8-14H3,(H,74,99)(H,75,95)(H,77,88)(H,78,92)(H,79,98)(H,80,90)(H,81,91)(H,82,96)(H,83,94)(H,84,93)(H,85,97)(H4,71,72,73)/t39-,41-,44+,45-,46+,47-,48-,49?,51-,52-,53+,54-,55-,56+/m0/s1. The molecule has 0 saturated carbocycles. The second-order valence-corrected chi connectivity index (χ2v) is 28.6. The van der Waals surface area contributed by atoms with Gasteiger partial charge in [0, 0.05) is 18.8 Å². The van der Waals surface area contributed by atoms with Crippen LogP contribution in [0, 0.1) is 28.6 Å². The van der Waals surface area contributed by atoms with Crippen LogP contribution in [0.1, 0.15) is 152 Å². The third-order valence-electron chi connectivity index (χ3n) is 16.3. The topological polar surface area (TPSA) is 492 Å². The van der Waals surface area contributed by atoms with Crippen molar-refractivity contribution in [2.45, 2.75) is 220 Å². The zero-order chi connectivity index (χ0) is 75.4. The van der Waals surface area contributed by atoms with Crippen LogP contribution in [-0.2, 0) is 59.3 Å². The Kier molecular flexibility index (Phi) is 34.9. The number of aliphatic hydroxyl groups is 3. The number of benzene rings is 2. The molecule has 1 unspecified atom stereocenters. The molecule has 3 rings (SSSR count). The summed E-state index contributed by atoms with van der Waals surface area (Å²) in [6.07, 6.45) is -4.14. The monoisotopic (exact) mass is 1400 g/mol. The van der Waals surface area contributed by atoms with Crippen LogP contribution in [-0.4, -0.2) is 185 Å². The average Bonchev–Trinajstić information content (AvgIpc) is 0.812. The maximum Gasteiger partial charge on any atom is 0.407 e. The first-order valence-electron chi connectivity index (χ1n) is 34.0. The van der Waals surface area contributed by atoms with E-state index in [0.29, 0.717) is 5.56 Å². The summed E-state index contributed by atoms with van der Waals surface area (Å²) in [5.41, 5.74) is 17.2. The summed E-state index contributed by atoms with van der Waals surface area (Å²) in [5, 5.41) is 65.9. The van der Waals surface area contributed by atoms with Crippen LogP contribution in [0.4, 0.5) is 4.79 Å². The van der Waals surface area contributed by atoms with Gasteiger partial charge in [-0.3, -0.25) is 52.9 Å². The predicted molar refractivity (Wildman–Crippen MR) is 376 cm³/mol. The summed E-state index contributed by atoms with van der Waals surface area (Å²) < 4.78 is 5.37. The van der Waals surface area contributed by atoms with Gasteiger partial charge in [0.15, 0.2) is 5.96 Å². The van der Waals surface area contributed by atoms with Crippen molar-refractivity contribution in [3.8, 4) is 0 Å². The molecule has 0 radical (unpaired) electrons.